The summed E-state index contributed by atoms with van der Waals surface area (Å²) in [6.45, 7) is 3.21. The number of thiophene rings is 1. The minimum Gasteiger partial charge on any atom is -0.497 e. The van der Waals surface area contributed by atoms with Crippen molar-refractivity contribution in [1.29, 1.82) is 0 Å². The van der Waals surface area contributed by atoms with Crippen LogP contribution in [0, 0.1) is 0 Å². The van der Waals surface area contributed by atoms with E-state index in [0.29, 0.717) is 13.1 Å². The van der Waals surface area contributed by atoms with Gasteiger partial charge in [0.25, 0.3) is 0 Å². The predicted octanol–water partition coefficient (Wildman–Crippen LogP) is 2.89. The maximum absolute atomic E-state index is 12.2. The Morgan fingerprint density at radius 2 is 2.18 bits per heavy atom. The van der Waals surface area contributed by atoms with Crippen molar-refractivity contribution in [2.24, 2.45) is 0 Å². The maximum atomic E-state index is 12.2. The number of methoxy groups -OCH3 is 1. The van der Waals surface area contributed by atoms with Crippen LogP contribution in [0.5, 0.6) is 5.75 Å². The lowest BCUT2D eigenvalue weighted by Crippen LogP contribution is -2.42. The van der Waals surface area contributed by atoms with E-state index < -0.39 is 0 Å². The Kier molecular flexibility index (Phi) is 5.98. The van der Waals surface area contributed by atoms with E-state index in [2.05, 4.69) is 5.32 Å². The Bertz CT molecular complexity index is 598. The van der Waals surface area contributed by atoms with Gasteiger partial charge in [-0.05, 0) is 43.1 Å². The van der Waals surface area contributed by atoms with Gasteiger partial charge in [0.1, 0.15) is 5.75 Å². The number of likely N-dealkylation sites (N-methyl/N-ethyl adjacent to an activating group) is 1. The zero-order chi connectivity index (χ0) is 15.9. The second-order valence-corrected chi connectivity index (χ2v) is 6.27. The summed E-state index contributed by atoms with van der Waals surface area (Å²) in [6.07, 6.45) is 0. The number of nitrogens with one attached hydrogen (secondary N) is 1. The number of hydrogen-bond donors (Lipinski definition) is 1. The molecular weight excluding hydrogens is 296 g/mol. The van der Waals surface area contributed by atoms with Crippen LogP contribution in [0.15, 0.2) is 41.8 Å². The predicted molar refractivity (Wildman–Crippen MR) is 90.1 cm³/mol. The number of ether oxygens (including phenoxy) is 1. The molecule has 0 bridgehead atoms. The molecule has 0 aliphatic carbocycles. The van der Waals surface area contributed by atoms with Gasteiger partial charge in [0, 0.05) is 11.4 Å². The van der Waals surface area contributed by atoms with Crippen molar-refractivity contribution in [3.05, 3.63) is 52.2 Å². The standard InChI is InChI=1S/C17H22N2O2S/c1-13(17(20)18-11-16-8-5-9-22-16)19(2)12-14-6-4-7-15(10-14)21-3/h4-10,13H,11-12H2,1-3H3,(H,18,20)/t13-/m1/s1. The summed E-state index contributed by atoms with van der Waals surface area (Å²) in [5, 5.41) is 4.99. The molecule has 1 N–H and O–H groups in total. The first-order valence-electron chi connectivity index (χ1n) is 7.23. The highest BCUT2D eigenvalue weighted by Gasteiger charge is 2.18. The Balaban J connectivity index is 1.87. The summed E-state index contributed by atoms with van der Waals surface area (Å²) < 4.78 is 5.23. The Labute approximate surface area is 135 Å². The summed E-state index contributed by atoms with van der Waals surface area (Å²) in [4.78, 5) is 15.4. The molecule has 0 radical (unpaired) electrons. The molecule has 1 aromatic carbocycles. The number of nitrogens with zero attached hydrogens (tertiary/aromatic N) is 1. The van der Waals surface area contributed by atoms with Crippen molar-refractivity contribution >= 4 is 17.2 Å². The van der Waals surface area contributed by atoms with Gasteiger partial charge in [0.15, 0.2) is 0 Å². The van der Waals surface area contributed by atoms with Crippen molar-refractivity contribution in [3.63, 3.8) is 0 Å². The summed E-state index contributed by atoms with van der Waals surface area (Å²) in [5.41, 5.74) is 1.12. The minimum absolute atomic E-state index is 0.0406. The molecule has 0 saturated heterocycles. The van der Waals surface area contributed by atoms with Gasteiger partial charge in [-0.2, -0.15) is 0 Å². The normalized spacial score (nSPS) is 12.2. The monoisotopic (exact) mass is 318 g/mol. The lowest BCUT2D eigenvalue weighted by molar-refractivity contribution is -0.125. The zero-order valence-corrected chi connectivity index (χ0v) is 14.0. The lowest BCUT2D eigenvalue weighted by Gasteiger charge is -2.24. The molecule has 4 nitrogen and oxygen atoms in total. The molecular formula is C17H22N2O2S. The summed E-state index contributed by atoms with van der Waals surface area (Å²) in [5.74, 6) is 0.875. The van der Waals surface area contributed by atoms with Crippen LogP contribution in [0.2, 0.25) is 0 Å². The average Bonchev–Trinajstić information content (AvgIpc) is 3.05. The fourth-order valence-electron chi connectivity index (χ4n) is 2.13. The van der Waals surface area contributed by atoms with Crippen molar-refractivity contribution in [3.8, 4) is 5.75 Å². The third kappa shape index (κ3) is 4.58. The Morgan fingerprint density at radius 3 is 2.86 bits per heavy atom. The van der Waals surface area contributed by atoms with Gasteiger partial charge in [-0.25, -0.2) is 0 Å². The number of carbonyl (C=O) groups excluding carboxylic acids is 1. The molecule has 2 aromatic rings. The highest BCUT2D eigenvalue weighted by molar-refractivity contribution is 7.09. The van der Waals surface area contributed by atoms with E-state index in [-0.39, 0.29) is 11.9 Å². The van der Waals surface area contributed by atoms with Crippen LogP contribution in [-0.2, 0) is 17.9 Å². The van der Waals surface area contributed by atoms with Crippen LogP contribution in [-0.4, -0.2) is 31.0 Å². The van der Waals surface area contributed by atoms with Crippen molar-refractivity contribution in [1.82, 2.24) is 10.2 Å². The molecule has 0 aliphatic heterocycles. The van der Waals surface area contributed by atoms with E-state index in [9.17, 15) is 4.79 Å². The van der Waals surface area contributed by atoms with Gasteiger partial charge in [-0.1, -0.05) is 18.2 Å². The van der Waals surface area contributed by atoms with Gasteiger partial charge in [-0.15, -0.1) is 11.3 Å². The molecule has 118 valence electrons. The molecule has 0 unspecified atom stereocenters. The SMILES string of the molecule is COc1cccc(CN(C)[C@H](C)C(=O)NCc2cccs2)c1. The zero-order valence-electron chi connectivity index (χ0n) is 13.2. The molecule has 0 spiro atoms. The summed E-state index contributed by atoms with van der Waals surface area (Å²) >= 11 is 1.65. The van der Waals surface area contributed by atoms with Crippen LogP contribution in [0.1, 0.15) is 17.4 Å². The largest absolute Gasteiger partial charge is 0.497 e. The van der Waals surface area contributed by atoms with E-state index in [4.69, 9.17) is 4.74 Å². The van der Waals surface area contributed by atoms with Crippen LogP contribution < -0.4 is 10.1 Å². The van der Waals surface area contributed by atoms with E-state index in [1.54, 1.807) is 18.4 Å². The quantitative estimate of drug-likeness (QED) is 0.853. The highest BCUT2D eigenvalue weighted by atomic mass is 32.1. The third-order valence-corrected chi connectivity index (χ3v) is 4.50. The van der Waals surface area contributed by atoms with Gasteiger partial charge < -0.3 is 10.1 Å². The van der Waals surface area contributed by atoms with Gasteiger partial charge >= 0.3 is 0 Å². The number of rotatable bonds is 7. The maximum Gasteiger partial charge on any atom is 0.237 e. The summed E-state index contributed by atoms with van der Waals surface area (Å²) in [6, 6.07) is 11.7. The molecule has 1 aromatic heterocycles. The second kappa shape index (κ2) is 7.96. The second-order valence-electron chi connectivity index (χ2n) is 5.24. The summed E-state index contributed by atoms with van der Waals surface area (Å²) in [7, 11) is 3.61. The first kappa shape index (κ1) is 16.5. The van der Waals surface area contributed by atoms with E-state index >= 15 is 0 Å². The lowest BCUT2D eigenvalue weighted by atomic mass is 10.1. The van der Waals surface area contributed by atoms with Gasteiger partial charge in [0.05, 0.1) is 19.7 Å². The molecule has 0 fully saturated rings. The molecule has 1 atom stereocenters. The molecule has 2 rings (SSSR count). The van der Waals surface area contributed by atoms with Crippen LogP contribution in [0.25, 0.3) is 0 Å². The average molecular weight is 318 g/mol. The number of amides is 1. The minimum atomic E-state index is -0.189. The molecule has 1 amide bonds. The molecule has 0 saturated carbocycles. The first-order valence-corrected chi connectivity index (χ1v) is 8.11. The van der Waals surface area contributed by atoms with Crippen molar-refractivity contribution in [2.75, 3.05) is 14.2 Å². The number of carbonyl (C=O) groups is 1. The Hall–Kier alpha value is -1.85. The molecule has 5 heteroatoms. The van der Waals surface area contributed by atoms with E-state index in [0.717, 1.165) is 16.2 Å². The third-order valence-electron chi connectivity index (χ3n) is 3.62. The molecule has 0 aliphatic rings. The first-order chi connectivity index (χ1) is 10.6. The Morgan fingerprint density at radius 1 is 1.36 bits per heavy atom. The number of benzene rings is 1. The van der Waals surface area contributed by atoms with E-state index in [1.807, 2.05) is 60.6 Å². The molecule has 1 heterocycles. The fraction of sp³-hybridized carbons (Fsp3) is 0.353. The van der Waals surface area contributed by atoms with Crippen LogP contribution in [0.4, 0.5) is 0 Å². The highest BCUT2D eigenvalue weighted by Crippen LogP contribution is 2.15. The number of hydrogen-bond acceptors (Lipinski definition) is 4. The smallest absolute Gasteiger partial charge is 0.237 e. The molecule has 22 heavy (non-hydrogen) atoms. The van der Waals surface area contributed by atoms with Crippen LogP contribution in [0.3, 0.4) is 0 Å². The van der Waals surface area contributed by atoms with Crippen molar-refractivity contribution in [2.45, 2.75) is 26.1 Å². The van der Waals surface area contributed by atoms with E-state index in [1.165, 1.54) is 0 Å². The van der Waals surface area contributed by atoms with Gasteiger partial charge in [-0.3, -0.25) is 9.69 Å². The van der Waals surface area contributed by atoms with Gasteiger partial charge in [0.2, 0.25) is 5.91 Å². The van der Waals surface area contributed by atoms with Crippen LogP contribution >= 0.6 is 11.3 Å². The fourth-order valence-corrected chi connectivity index (χ4v) is 2.78. The van der Waals surface area contributed by atoms with Crippen molar-refractivity contribution < 1.29 is 9.53 Å². The topological polar surface area (TPSA) is 41.6 Å².